The van der Waals surface area contributed by atoms with Gasteiger partial charge in [-0.25, -0.2) is 18.4 Å². The standard InChI is InChI=1S/C52H79F2N3O13S2/c1-6-11-45-69-43-28-37-38-27-40(53)39-26-33(58)14-15-49(39,4)51(38,54)41(59)29-50(37,5)52(43,70-45)42(60)32-68-47(63)57-18-25-71-72-48(2,3)30-44(61)55-16-19-64-21-23-66-24-22-65-20-17-56-46(62)67-31-36-34-12-9-7-8-10-13-35(34)36/h14-15,26,34-38,40-41,43,45,59H,6-13,16-25,27-32H2,1-5H3,(H,55,61)(H,56,62)(H,57,63)/t34-,35+,36?,37-,38-,40-,41-,43+,45?,49-,50-,51-,52+/m0/s1. The van der Waals surface area contributed by atoms with Gasteiger partial charge in [0, 0.05) is 53.3 Å². The molecular weight excluding hydrogens is 977 g/mol. The third-order valence-electron chi connectivity index (χ3n) is 16.6. The number of carbonyl (C=O) groups is 5. The molecule has 3 amide bonds. The number of allylic oxidation sites excluding steroid dienone is 4. The Morgan fingerprint density at radius 1 is 0.875 bits per heavy atom. The van der Waals surface area contributed by atoms with E-state index in [0.717, 1.165) is 17.9 Å². The zero-order valence-electron chi connectivity index (χ0n) is 42.8. The zero-order valence-corrected chi connectivity index (χ0v) is 44.5. The maximum atomic E-state index is 17.8. The van der Waals surface area contributed by atoms with E-state index in [-0.39, 0.29) is 49.8 Å². The number of Topliss-reactive ketones (excluding diaryl/α,β-unsaturated/α-hetero) is 1. The first-order valence-corrected chi connectivity index (χ1v) is 28.7. The molecule has 16 nitrogen and oxygen atoms in total. The van der Waals surface area contributed by atoms with Crippen LogP contribution >= 0.6 is 21.6 Å². The number of rotatable bonds is 26. The molecule has 0 radical (unpaired) electrons. The highest BCUT2D eigenvalue weighted by molar-refractivity contribution is 8.77. The van der Waals surface area contributed by atoms with Crippen LogP contribution in [0.3, 0.4) is 0 Å². The third kappa shape index (κ3) is 12.5. The van der Waals surface area contributed by atoms with Crippen LogP contribution in [0, 0.1) is 40.4 Å². The van der Waals surface area contributed by atoms with Crippen molar-refractivity contribution in [3.63, 3.8) is 0 Å². The molecule has 1 aliphatic heterocycles. The monoisotopic (exact) mass is 1060 g/mol. The molecule has 4 N–H and O–H groups in total. The summed E-state index contributed by atoms with van der Waals surface area (Å²) in [6, 6.07) is 0. The molecule has 0 aromatic carbocycles. The molecule has 2 unspecified atom stereocenters. The number of amides is 3. The minimum Gasteiger partial charge on any atom is -0.449 e. The van der Waals surface area contributed by atoms with Crippen molar-refractivity contribution in [2.45, 2.75) is 152 Å². The Balaban J connectivity index is 0.727. The van der Waals surface area contributed by atoms with Gasteiger partial charge >= 0.3 is 12.2 Å². The molecule has 1 saturated heterocycles. The number of alkyl halides is 2. The normalized spacial score (nSPS) is 35.5. The number of carbonyl (C=O) groups excluding carboxylic acids is 5. The number of aliphatic hydroxyl groups is 1. The lowest BCUT2D eigenvalue weighted by Crippen LogP contribution is -2.71. The van der Waals surface area contributed by atoms with Crippen molar-refractivity contribution in [1.29, 1.82) is 0 Å². The number of hydrogen-bond acceptors (Lipinski definition) is 15. The van der Waals surface area contributed by atoms with Crippen molar-refractivity contribution in [1.82, 2.24) is 16.0 Å². The Hall–Kier alpha value is -2.85. The molecule has 7 aliphatic rings. The number of ketones is 2. The predicted molar refractivity (Wildman–Crippen MR) is 267 cm³/mol. The van der Waals surface area contributed by atoms with Gasteiger partial charge in [0.15, 0.2) is 29.9 Å². The van der Waals surface area contributed by atoms with Gasteiger partial charge in [-0.05, 0) is 101 Å². The first kappa shape index (κ1) is 56.9. The third-order valence-corrected chi connectivity index (χ3v) is 19.9. The smallest absolute Gasteiger partial charge is 0.407 e. The first-order chi connectivity index (χ1) is 34.4. The average Bonchev–Trinajstić information content (AvgIpc) is 3.70. The van der Waals surface area contributed by atoms with Crippen molar-refractivity contribution in [2.24, 2.45) is 40.4 Å². The fourth-order valence-electron chi connectivity index (χ4n) is 13.0. The van der Waals surface area contributed by atoms with E-state index in [1.165, 1.54) is 79.2 Å². The van der Waals surface area contributed by atoms with Crippen LogP contribution in [-0.2, 0) is 47.5 Å². The Kier molecular flexibility index (Phi) is 19.6. The van der Waals surface area contributed by atoms with Crippen molar-refractivity contribution >= 4 is 51.2 Å². The summed E-state index contributed by atoms with van der Waals surface area (Å²) >= 11 is 0. The molecule has 0 aromatic heterocycles. The lowest BCUT2D eigenvalue weighted by molar-refractivity contribution is -0.234. The maximum absolute atomic E-state index is 17.8. The SMILES string of the molecule is CCCC1O[C@@H]2C[C@H]3[C@@H]4C[C@H](F)C5=CC(=O)C=C[C@]5(C)[C@@]4(F)[C@@H](O)C[C@]3(C)[C@]2(C(=O)COC(=O)NCCSSC(C)(C)CC(=O)NCCOCCOCCOCCNC(=O)OCC2[C@H]3CCCCCC[C@@H]23)O1. The Labute approximate surface area is 431 Å². The predicted octanol–water partition coefficient (Wildman–Crippen LogP) is 7.15. The summed E-state index contributed by atoms with van der Waals surface area (Å²) < 4.78 is 73.8. The average molecular weight is 1060 g/mol. The summed E-state index contributed by atoms with van der Waals surface area (Å²) in [4.78, 5) is 64.3. The van der Waals surface area contributed by atoms with Crippen LogP contribution in [0.15, 0.2) is 23.8 Å². The van der Waals surface area contributed by atoms with Gasteiger partial charge in [-0.1, -0.05) is 73.6 Å². The van der Waals surface area contributed by atoms with Gasteiger partial charge in [0.25, 0.3) is 0 Å². The molecule has 6 fully saturated rings. The molecule has 5 saturated carbocycles. The van der Waals surface area contributed by atoms with Crippen molar-refractivity contribution in [2.75, 3.05) is 78.2 Å². The van der Waals surface area contributed by atoms with Gasteiger partial charge in [0.05, 0.1) is 58.5 Å². The number of hydrogen-bond donors (Lipinski definition) is 4. The van der Waals surface area contributed by atoms with Crippen LogP contribution < -0.4 is 16.0 Å². The van der Waals surface area contributed by atoms with Gasteiger partial charge < -0.3 is 54.2 Å². The maximum Gasteiger partial charge on any atom is 0.407 e. The van der Waals surface area contributed by atoms with Gasteiger partial charge in [0.2, 0.25) is 11.7 Å². The fraction of sp³-hybridized carbons (Fsp3) is 0.827. The molecule has 0 aromatic rings. The Morgan fingerprint density at radius 3 is 2.19 bits per heavy atom. The summed E-state index contributed by atoms with van der Waals surface area (Å²) in [6.45, 7) is 12.2. The molecule has 0 bridgehead atoms. The molecule has 0 spiro atoms. The van der Waals surface area contributed by atoms with Crippen LogP contribution in [0.25, 0.3) is 0 Å². The van der Waals surface area contributed by atoms with Crippen LogP contribution in [0.1, 0.15) is 112 Å². The highest BCUT2D eigenvalue weighted by Gasteiger charge is 2.80. The summed E-state index contributed by atoms with van der Waals surface area (Å²) in [5.41, 5.74) is -6.77. The number of alkyl carbamates (subject to hydrolysis) is 2. The summed E-state index contributed by atoms with van der Waals surface area (Å²) in [5, 5.41) is 20.1. The number of nitrogens with one attached hydrogen (secondary N) is 3. The number of halogens is 2. The molecular formula is C52H79F2N3O13S2. The molecule has 7 rings (SSSR count). The van der Waals surface area contributed by atoms with Crippen LogP contribution in [0.4, 0.5) is 18.4 Å². The molecule has 72 heavy (non-hydrogen) atoms. The number of aliphatic hydroxyl groups excluding tert-OH is 1. The van der Waals surface area contributed by atoms with E-state index in [1.54, 1.807) is 6.92 Å². The second kappa shape index (κ2) is 24.9. The molecule has 1 heterocycles. The largest absolute Gasteiger partial charge is 0.449 e. The topological polar surface area (TPSA) is 206 Å². The van der Waals surface area contributed by atoms with Gasteiger partial charge in [0.1, 0.15) is 6.17 Å². The van der Waals surface area contributed by atoms with Crippen LogP contribution in [-0.4, -0.2) is 154 Å². The molecule has 406 valence electrons. The van der Waals surface area contributed by atoms with Crippen LogP contribution in [0.5, 0.6) is 0 Å². The Morgan fingerprint density at radius 2 is 1.51 bits per heavy atom. The molecule has 6 aliphatic carbocycles. The molecule has 20 heteroatoms. The Bertz CT molecular complexity index is 1970. The van der Waals surface area contributed by atoms with E-state index in [9.17, 15) is 29.1 Å². The van der Waals surface area contributed by atoms with E-state index >= 15 is 8.78 Å². The quantitative estimate of drug-likeness (QED) is 0.0502. The lowest BCUT2D eigenvalue weighted by Gasteiger charge is -2.63. The van der Waals surface area contributed by atoms with Gasteiger partial charge in [-0.15, -0.1) is 0 Å². The minimum absolute atomic E-state index is 0.0167. The van der Waals surface area contributed by atoms with Gasteiger partial charge in [-0.2, -0.15) is 0 Å². The summed E-state index contributed by atoms with van der Waals surface area (Å²) in [5.74, 6) is -0.293. The van der Waals surface area contributed by atoms with E-state index in [1.807, 2.05) is 20.8 Å². The minimum atomic E-state index is -2.33. The van der Waals surface area contributed by atoms with E-state index in [2.05, 4.69) is 16.0 Å². The summed E-state index contributed by atoms with van der Waals surface area (Å²) in [7, 11) is 2.98. The summed E-state index contributed by atoms with van der Waals surface area (Å²) in [6.07, 6.45) is 6.60. The highest BCUT2D eigenvalue weighted by Crippen LogP contribution is 2.72. The van der Waals surface area contributed by atoms with Crippen LogP contribution in [0.2, 0.25) is 0 Å². The molecule has 13 atom stereocenters. The van der Waals surface area contributed by atoms with E-state index in [4.69, 9.17) is 33.2 Å². The van der Waals surface area contributed by atoms with Crippen molar-refractivity contribution in [3.05, 3.63) is 23.8 Å². The van der Waals surface area contributed by atoms with E-state index < -0.39 is 87.6 Å². The van der Waals surface area contributed by atoms with Crippen molar-refractivity contribution < 1.29 is 71.0 Å². The fourth-order valence-corrected chi connectivity index (χ4v) is 15.5. The zero-order chi connectivity index (χ0) is 51.7. The highest BCUT2D eigenvalue weighted by atomic mass is 33.1. The number of ether oxygens (including phenoxy) is 7. The van der Waals surface area contributed by atoms with Crippen molar-refractivity contribution in [3.8, 4) is 0 Å². The van der Waals surface area contributed by atoms with Gasteiger partial charge in [-0.3, -0.25) is 14.4 Å². The first-order valence-electron chi connectivity index (χ1n) is 26.3. The lowest BCUT2D eigenvalue weighted by atomic mass is 9.44. The second-order valence-corrected chi connectivity index (χ2v) is 24.9. The van der Waals surface area contributed by atoms with E-state index in [0.29, 0.717) is 83.9 Å². The number of fused-ring (bicyclic) bond motifs is 8. The second-order valence-electron chi connectivity index (χ2n) is 21.8.